The van der Waals surface area contributed by atoms with Crippen LogP contribution in [0.4, 0.5) is 5.69 Å². The third-order valence-electron chi connectivity index (χ3n) is 2.86. The molecule has 0 aromatic heterocycles. The molecule has 0 saturated heterocycles. The van der Waals surface area contributed by atoms with E-state index in [1.165, 1.54) is 12.8 Å². The quantitative estimate of drug-likeness (QED) is 0.817. The number of aliphatic hydroxyl groups excluding tert-OH is 1. The maximum Gasteiger partial charge on any atom is 0.224 e. The van der Waals surface area contributed by atoms with Gasteiger partial charge in [0.2, 0.25) is 5.91 Å². The van der Waals surface area contributed by atoms with Gasteiger partial charge in [0.1, 0.15) is 0 Å². The van der Waals surface area contributed by atoms with Gasteiger partial charge in [-0.05, 0) is 31.7 Å². The summed E-state index contributed by atoms with van der Waals surface area (Å²) in [6, 6.07) is 7.38. The highest BCUT2D eigenvalue weighted by atomic mass is 16.3. The molecular weight excluding hydrogens is 202 g/mol. The zero-order valence-electron chi connectivity index (χ0n) is 9.44. The number of anilines is 1. The van der Waals surface area contributed by atoms with Gasteiger partial charge in [0, 0.05) is 17.7 Å². The van der Waals surface area contributed by atoms with Crippen molar-refractivity contribution in [2.45, 2.75) is 32.3 Å². The van der Waals surface area contributed by atoms with E-state index in [0.717, 1.165) is 11.3 Å². The molecule has 1 atom stereocenters. The van der Waals surface area contributed by atoms with Gasteiger partial charge in [0.25, 0.3) is 0 Å². The molecule has 1 aliphatic carbocycles. The van der Waals surface area contributed by atoms with E-state index in [1.54, 1.807) is 6.92 Å². The third-order valence-corrected chi connectivity index (χ3v) is 2.86. The molecule has 0 spiro atoms. The summed E-state index contributed by atoms with van der Waals surface area (Å²) in [6.45, 7) is 1.70. The van der Waals surface area contributed by atoms with Crippen LogP contribution in [0.2, 0.25) is 0 Å². The molecule has 86 valence electrons. The van der Waals surface area contributed by atoms with E-state index in [2.05, 4.69) is 5.32 Å². The highest BCUT2D eigenvalue weighted by molar-refractivity contribution is 5.91. The molecule has 1 unspecified atom stereocenters. The first kappa shape index (κ1) is 11.1. The number of nitrogens with one attached hydrogen (secondary N) is 1. The van der Waals surface area contributed by atoms with Gasteiger partial charge in [-0.1, -0.05) is 18.2 Å². The molecule has 2 rings (SSSR count). The summed E-state index contributed by atoms with van der Waals surface area (Å²) in [4.78, 5) is 11.6. The molecule has 16 heavy (non-hydrogen) atoms. The van der Waals surface area contributed by atoms with E-state index in [-0.39, 0.29) is 5.91 Å². The van der Waals surface area contributed by atoms with Crippen molar-refractivity contribution in [3.05, 3.63) is 29.8 Å². The predicted octanol–water partition coefficient (Wildman–Crippen LogP) is 2.48. The first-order chi connectivity index (χ1) is 7.66. The van der Waals surface area contributed by atoms with Gasteiger partial charge in [-0.2, -0.15) is 0 Å². The summed E-state index contributed by atoms with van der Waals surface area (Å²) in [7, 11) is 0. The minimum atomic E-state index is -0.558. The third kappa shape index (κ3) is 2.83. The second kappa shape index (κ2) is 4.66. The number of hydrogen-bond donors (Lipinski definition) is 2. The maximum atomic E-state index is 11.6. The Morgan fingerprint density at radius 3 is 2.81 bits per heavy atom. The number of carbonyl (C=O) groups excluding carboxylic acids is 1. The number of amides is 1. The fourth-order valence-electron chi connectivity index (χ4n) is 1.76. The second-order valence-electron chi connectivity index (χ2n) is 4.46. The van der Waals surface area contributed by atoms with E-state index >= 15 is 0 Å². The van der Waals surface area contributed by atoms with E-state index in [9.17, 15) is 9.90 Å². The standard InChI is InChI=1S/C13H17NO2/c1-9(15)11-4-2-3-5-12(11)14-13(16)8-10-6-7-10/h2-5,9-10,15H,6-8H2,1H3,(H,14,16). The predicted molar refractivity (Wildman–Crippen MR) is 63.0 cm³/mol. The smallest absolute Gasteiger partial charge is 0.224 e. The number of aliphatic hydroxyl groups is 1. The molecule has 2 N–H and O–H groups in total. The van der Waals surface area contributed by atoms with Crippen LogP contribution in [-0.2, 0) is 4.79 Å². The lowest BCUT2D eigenvalue weighted by Gasteiger charge is -2.12. The molecule has 3 heteroatoms. The average Bonchev–Trinajstić information content (AvgIpc) is 3.02. The van der Waals surface area contributed by atoms with Crippen molar-refractivity contribution in [2.75, 3.05) is 5.32 Å². The highest BCUT2D eigenvalue weighted by Gasteiger charge is 2.24. The second-order valence-corrected chi connectivity index (χ2v) is 4.46. The van der Waals surface area contributed by atoms with Gasteiger partial charge in [-0.3, -0.25) is 4.79 Å². The Morgan fingerprint density at radius 1 is 1.50 bits per heavy atom. The van der Waals surface area contributed by atoms with Crippen molar-refractivity contribution in [3.8, 4) is 0 Å². The molecule has 1 saturated carbocycles. The van der Waals surface area contributed by atoms with Gasteiger partial charge < -0.3 is 10.4 Å². The first-order valence-corrected chi connectivity index (χ1v) is 5.73. The minimum absolute atomic E-state index is 0.0515. The molecule has 1 aliphatic rings. The molecular formula is C13H17NO2. The Labute approximate surface area is 95.5 Å². The molecule has 1 aromatic rings. The number of rotatable bonds is 4. The molecule has 0 aliphatic heterocycles. The van der Waals surface area contributed by atoms with Gasteiger partial charge in [0.05, 0.1) is 6.10 Å². The largest absolute Gasteiger partial charge is 0.389 e. The molecule has 1 aromatic carbocycles. The van der Waals surface area contributed by atoms with E-state index in [4.69, 9.17) is 0 Å². The van der Waals surface area contributed by atoms with Gasteiger partial charge >= 0.3 is 0 Å². The lowest BCUT2D eigenvalue weighted by atomic mass is 10.1. The van der Waals surface area contributed by atoms with Crippen LogP contribution in [-0.4, -0.2) is 11.0 Å². The summed E-state index contributed by atoms with van der Waals surface area (Å²) in [5.41, 5.74) is 1.50. The van der Waals surface area contributed by atoms with Crippen molar-refractivity contribution in [2.24, 2.45) is 5.92 Å². The Bertz CT molecular complexity index is 383. The Morgan fingerprint density at radius 2 is 2.19 bits per heavy atom. The van der Waals surface area contributed by atoms with Gasteiger partial charge in [-0.15, -0.1) is 0 Å². The average molecular weight is 219 g/mol. The summed E-state index contributed by atoms with van der Waals surface area (Å²) in [5.74, 6) is 0.634. The van der Waals surface area contributed by atoms with Gasteiger partial charge in [0.15, 0.2) is 0 Å². The summed E-state index contributed by atoms with van der Waals surface area (Å²) in [5, 5.41) is 12.4. The topological polar surface area (TPSA) is 49.3 Å². The zero-order valence-corrected chi connectivity index (χ0v) is 9.44. The number of para-hydroxylation sites is 1. The Kier molecular flexibility index (Phi) is 3.25. The highest BCUT2D eigenvalue weighted by Crippen LogP contribution is 2.33. The van der Waals surface area contributed by atoms with Gasteiger partial charge in [-0.25, -0.2) is 0 Å². The fourth-order valence-corrected chi connectivity index (χ4v) is 1.76. The monoisotopic (exact) mass is 219 g/mol. The maximum absolute atomic E-state index is 11.6. The van der Waals surface area contributed by atoms with E-state index < -0.39 is 6.10 Å². The summed E-state index contributed by atoms with van der Waals surface area (Å²) in [6.07, 6.45) is 2.39. The molecule has 1 amide bonds. The molecule has 1 fully saturated rings. The Hall–Kier alpha value is -1.35. The summed E-state index contributed by atoms with van der Waals surface area (Å²) < 4.78 is 0. The number of carbonyl (C=O) groups is 1. The molecule has 0 radical (unpaired) electrons. The van der Waals surface area contributed by atoms with Crippen molar-refractivity contribution in [3.63, 3.8) is 0 Å². The normalized spacial score (nSPS) is 16.9. The SMILES string of the molecule is CC(O)c1ccccc1NC(=O)CC1CC1. The lowest BCUT2D eigenvalue weighted by Crippen LogP contribution is -2.13. The van der Waals surface area contributed by atoms with Crippen LogP contribution in [0.1, 0.15) is 37.9 Å². The van der Waals surface area contributed by atoms with E-state index in [1.807, 2.05) is 24.3 Å². The van der Waals surface area contributed by atoms with Crippen LogP contribution in [0.5, 0.6) is 0 Å². The number of hydrogen-bond acceptors (Lipinski definition) is 2. The first-order valence-electron chi connectivity index (χ1n) is 5.73. The molecule has 0 bridgehead atoms. The van der Waals surface area contributed by atoms with Crippen LogP contribution in [0.3, 0.4) is 0 Å². The van der Waals surface area contributed by atoms with E-state index in [0.29, 0.717) is 12.3 Å². The van der Waals surface area contributed by atoms with Crippen molar-refractivity contribution in [1.29, 1.82) is 0 Å². The van der Waals surface area contributed by atoms with Crippen LogP contribution in [0, 0.1) is 5.92 Å². The molecule has 3 nitrogen and oxygen atoms in total. The lowest BCUT2D eigenvalue weighted by molar-refractivity contribution is -0.116. The van der Waals surface area contributed by atoms with Crippen molar-refractivity contribution < 1.29 is 9.90 Å². The van der Waals surface area contributed by atoms with Crippen molar-refractivity contribution >= 4 is 11.6 Å². The number of benzene rings is 1. The molecule has 0 heterocycles. The fraction of sp³-hybridized carbons (Fsp3) is 0.462. The van der Waals surface area contributed by atoms with Crippen LogP contribution < -0.4 is 5.32 Å². The zero-order chi connectivity index (χ0) is 11.5. The van der Waals surface area contributed by atoms with Crippen LogP contribution in [0.25, 0.3) is 0 Å². The van der Waals surface area contributed by atoms with Crippen LogP contribution in [0.15, 0.2) is 24.3 Å². The Balaban J connectivity index is 2.04. The minimum Gasteiger partial charge on any atom is -0.389 e. The summed E-state index contributed by atoms with van der Waals surface area (Å²) >= 11 is 0. The van der Waals surface area contributed by atoms with Crippen LogP contribution >= 0.6 is 0 Å². The van der Waals surface area contributed by atoms with Crippen molar-refractivity contribution in [1.82, 2.24) is 0 Å².